The van der Waals surface area contributed by atoms with Gasteiger partial charge in [0.05, 0.1) is 6.07 Å². The third-order valence-corrected chi connectivity index (χ3v) is 3.28. The van der Waals surface area contributed by atoms with E-state index in [1.165, 1.54) is 12.1 Å². The van der Waals surface area contributed by atoms with Gasteiger partial charge in [-0.05, 0) is 51.6 Å². The monoisotopic (exact) mass is 268 g/mol. The maximum absolute atomic E-state index is 12.0. The average Bonchev–Trinajstić information content (AvgIpc) is 2.36. The average molecular weight is 268 g/mol. The van der Waals surface area contributed by atoms with E-state index in [4.69, 9.17) is 0 Å². The first-order valence-electron chi connectivity index (χ1n) is 6.00. The number of nitriles is 1. The summed E-state index contributed by atoms with van der Waals surface area (Å²) in [7, 11) is 3.73. The highest BCUT2D eigenvalue weighted by molar-refractivity contribution is 5.27. The van der Waals surface area contributed by atoms with Gasteiger partial charge < -0.3 is 4.74 Å². The fraction of sp³-hybridized carbons (Fsp3) is 0.500. The van der Waals surface area contributed by atoms with Crippen molar-refractivity contribution in [1.82, 2.24) is 4.90 Å². The van der Waals surface area contributed by atoms with Gasteiger partial charge in [-0.15, -0.1) is 0 Å². The normalized spacial score (nSPS) is 14.2. The molecule has 0 amide bonds. The van der Waals surface area contributed by atoms with Gasteiger partial charge in [-0.2, -0.15) is 14.0 Å². The highest BCUT2D eigenvalue weighted by Gasteiger charge is 2.25. The Kier molecular flexibility index (Phi) is 5.25. The second kappa shape index (κ2) is 6.48. The van der Waals surface area contributed by atoms with Gasteiger partial charge in [0.1, 0.15) is 11.3 Å². The Bertz CT molecular complexity index is 440. The Morgan fingerprint density at radius 2 is 1.89 bits per heavy atom. The first kappa shape index (κ1) is 15.4. The number of ether oxygens (including phenoxy) is 1. The molecule has 0 spiro atoms. The van der Waals surface area contributed by atoms with Crippen LogP contribution in [0.15, 0.2) is 24.3 Å². The lowest BCUT2D eigenvalue weighted by Crippen LogP contribution is -2.40. The zero-order chi connectivity index (χ0) is 14.5. The van der Waals surface area contributed by atoms with Crippen LogP contribution in [-0.2, 0) is 6.42 Å². The molecule has 0 aliphatic rings. The summed E-state index contributed by atoms with van der Waals surface area (Å²) >= 11 is 0. The van der Waals surface area contributed by atoms with Crippen molar-refractivity contribution in [3.8, 4) is 11.8 Å². The molecule has 0 N–H and O–H groups in total. The van der Waals surface area contributed by atoms with Crippen LogP contribution in [0.3, 0.4) is 0 Å². The topological polar surface area (TPSA) is 36.3 Å². The summed E-state index contributed by atoms with van der Waals surface area (Å²) in [5.74, 6) is 0.148. The lowest BCUT2D eigenvalue weighted by molar-refractivity contribution is -0.0498. The van der Waals surface area contributed by atoms with Crippen LogP contribution >= 0.6 is 0 Å². The molecule has 0 aromatic heterocycles. The highest BCUT2D eigenvalue weighted by Crippen LogP contribution is 2.20. The van der Waals surface area contributed by atoms with Crippen LogP contribution < -0.4 is 4.74 Å². The predicted molar refractivity (Wildman–Crippen MR) is 69.1 cm³/mol. The van der Waals surface area contributed by atoms with Crippen molar-refractivity contribution < 1.29 is 13.5 Å². The molecule has 1 aromatic carbocycles. The first-order valence-corrected chi connectivity index (χ1v) is 6.00. The Hall–Kier alpha value is -1.67. The molecule has 0 fully saturated rings. The van der Waals surface area contributed by atoms with Crippen molar-refractivity contribution in [2.75, 3.05) is 14.1 Å². The van der Waals surface area contributed by atoms with E-state index in [0.29, 0.717) is 12.8 Å². The van der Waals surface area contributed by atoms with Crippen molar-refractivity contribution in [2.45, 2.75) is 31.9 Å². The number of rotatable bonds is 6. The molecule has 3 nitrogen and oxygen atoms in total. The SMILES string of the molecule is CN(C)C(C)(C#N)CCc1ccc(OC(F)F)cc1. The quantitative estimate of drug-likeness (QED) is 0.795. The molecule has 0 aliphatic carbocycles. The Morgan fingerprint density at radius 3 is 2.32 bits per heavy atom. The Morgan fingerprint density at radius 1 is 1.32 bits per heavy atom. The van der Waals surface area contributed by atoms with E-state index in [1.54, 1.807) is 12.1 Å². The molecule has 19 heavy (non-hydrogen) atoms. The minimum atomic E-state index is -2.80. The second-order valence-electron chi connectivity index (χ2n) is 4.80. The highest BCUT2D eigenvalue weighted by atomic mass is 19.3. The molecule has 5 heteroatoms. The minimum Gasteiger partial charge on any atom is -0.435 e. The van der Waals surface area contributed by atoms with Crippen LogP contribution in [-0.4, -0.2) is 31.1 Å². The number of benzene rings is 1. The summed E-state index contributed by atoms with van der Waals surface area (Å²) in [5, 5.41) is 9.18. The molecular formula is C14H18F2N2O. The van der Waals surface area contributed by atoms with Crippen LogP contribution in [0.1, 0.15) is 18.9 Å². The molecule has 0 saturated carbocycles. The number of aryl methyl sites for hydroxylation is 1. The van der Waals surface area contributed by atoms with Crippen molar-refractivity contribution in [1.29, 1.82) is 5.26 Å². The standard InChI is InChI=1S/C14H18F2N2O/c1-14(10-17,18(2)3)9-8-11-4-6-12(7-5-11)19-13(15)16/h4-7,13H,8-9H2,1-3H3. The summed E-state index contributed by atoms with van der Waals surface area (Å²) in [6, 6.07) is 8.80. The molecule has 0 heterocycles. The van der Waals surface area contributed by atoms with E-state index in [2.05, 4.69) is 10.8 Å². The van der Waals surface area contributed by atoms with Crippen LogP contribution in [0.4, 0.5) is 8.78 Å². The molecule has 0 saturated heterocycles. The smallest absolute Gasteiger partial charge is 0.387 e. The van der Waals surface area contributed by atoms with Crippen LogP contribution in [0.2, 0.25) is 0 Å². The van der Waals surface area contributed by atoms with E-state index in [-0.39, 0.29) is 5.75 Å². The van der Waals surface area contributed by atoms with Gasteiger partial charge >= 0.3 is 6.61 Å². The van der Waals surface area contributed by atoms with E-state index in [1.807, 2.05) is 25.9 Å². The van der Waals surface area contributed by atoms with Gasteiger partial charge in [-0.1, -0.05) is 12.1 Å². The second-order valence-corrected chi connectivity index (χ2v) is 4.80. The van der Waals surface area contributed by atoms with Gasteiger partial charge in [0, 0.05) is 0 Å². The van der Waals surface area contributed by atoms with Crippen molar-refractivity contribution in [3.05, 3.63) is 29.8 Å². The summed E-state index contributed by atoms with van der Waals surface area (Å²) in [5.41, 5.74) is 0.461. The Balaban J connectivity index is 2.62. The maximum Gasteiger partial charge on any atom is 0.387 e. The predicted octanol–water partition coefficient (Wildman–Crippen LogP) is 3.06. The third-order valence-electron chi connectivity index (χ3n) is 3.28. The van der Waals surface area contributed by atoms with Crippen molar-refractivity contribution >= 4 is 0 Å². The molecule has 0 radical (unpaired) electrons. The van der Waals surface area contributed by atoms with E-state index in [9.17, 15) is 14.0 Å². The largest absolute Gasteiger partial charge is 0.435 e. The van der Waals surface area contributed by atoms with Crippen LogP contribution in [0.25, 0.3) is 0 Å². The molecule has 1 rings (SSSR count). The lowest BCUT2D eigenvalue weighted by Gasteiger charge is -2.29. The molecule has 1 atom stereocenters. The van der Waals surface area contributed by atoms with Gasteiger partial charge in [0.15, 0.2) is 0 Å². The maximum atomic E-state index is 12.0. The molecule has 1 unspecified atom stereocenters. The van der Waals surface area contributed by atoms with E-state index < -0.39 is 12.2 Å². The summed E-state index contributed by atoms with van der Waals surface area (Å²) in [6.07, 6.45) is 1.38. The van der Waals surface area contributed by atoms with Crippen molar-refractivity contribution in [2.24, 2.45) is 0 Å². The molecule has 1 aromatic rings. The summed E-state index contributed by atoms with van der Waals surface area (Å²) < 4.78 is 28.3. The fourth-order valence-electron chi connectivity index (χ4n) is 1.60. The van der Waals surface area contributed by atoms with Gasteiger partial charge in [-0.3, -0.25) is 4.90 Å². The summed E-state index contributed by atoms with van der Waals surface area (Å²) in [4.78, 5) is 1.88. The molecule has 0 aliphatic heterocycles. The van der Waals surface area contributed by atoms with Gasteiger partial charge in [0.2, 0.25) is 0 Å². The van der Waals surface area contributed by atoms with E-state index in [0.717, 1.165) is 5.56 Å². The number of halogens is 2. The number of hydrogen-bond donors (Lipinski definition) is 0. The number of alkyl halides is 2. The number of hydrogen-bond acceptors (Lipinski definition) is 3. The third kappa shape index (κ3) is 4.49. The zero-order valence-corrected chi connectivity index (χ0v) is 11.4. The van der Waals surface area contributed by atoms with Crippen molar-refractivity contribution in [3.63, 3.8) is 0 Å². The first-order chi connectivity index (χ1) is 8.87. The Labute approximate surface area is 112 Å². The van der Waals surface area contributed by atoms with Gasteiger partial charge in [0.25, 0.3) is 0 Å². The van der Waals surface area contributed by atoms with Gasteiger partial charge in [-0.25, -0.2) is 0 Å². The van der Waals surface area contributed by atoms with E-state index >= 15 is 0 Å². The van der Waals surface area contributed by atoms with Crippen LogP contribution in [0, 0.1) is 11.3 Å². The summed E-state index contributed by atoms with van der Waals surface area (Å²) in [6.45, 7) is -0.928. The molecule has 104 valence electrons. The van der Waals surface area contributed by atoms with Crippen LogP contribution in [0.5, 0.6) is 5.75 Å². The molecule has 0 bridgehead atoms. The lowest BCUT2D eigenvalue weighted by atomic mass is 9.93. The minimum absolute atomic E-state index is 0.148. The molecular weight excluding hydrogens is 250 g/mol. The fourth-order valence-corrected chi connectivity index (χ4v) is 1.60. The number of nitrogens with zero attached hydrogens (tertiary/aromatic N) is 2. The zero-order valence-electron chi connectivity index (χ0n) is 11.4.